The Morgan fingerprint density at radius 3 is 1.64 bits per heavy atom. The van der Waals surface area contributed by atoms with Crippen molar-refractivity contribution in [2.45, 2.75) is 6.54 Å². The number of amidine groups is 2. The van der Waals surface area contributed by atoms with Crippen molar-refractivity contribution in [3.8, 4) is 22.3 Å². The van der Waals surface area contributed by atoms with Gasteiger partial charge in [0, 0.05) is 39.5 Å². The van der Waals surface area contributed by atoms with Crippen LogP contribution in [0, 0.1) is 5.82 Å². The van der Waals surface area contributed by atoms with Crippen molar-refractivity contribution in [1.82, 2.24) is 4.57 Å². The van der Waals surface area contributed by atoms with Crippen LogP contribution in [0.15, 0.2) is 118 Å². The maximum Gasteiger partial charge on any atom is 0.170 e. The molecule has 7 nitrogen and oxygen atoms in total. The van der Waals surface area contributed by atoms with Gasteiger partial charge in [0.1, 0.15) is 5.82 Å². The predicted molar refractivity (Wildman–Crippen MR) is 169 cm³/mol. The summed E-state index contributed by atoms with van der Waals surface area (Å²) in [5.74, 6) is -0.237. The Kier molecular flexibility index (Phi) is 7.10. The van der Waals surface area contributed by atoms with Crippen LogP contribution in [-0.4, -0.2) is 26.7 Å². The second-order valence-electron chi connectivity index (χ2n) is 9.93. The molecule has 208 valence electrons. The van der Waals surface area contributed by atoms with Crippen LogP contribution in [-0.2, 0) is 6.54 Å². The monoisotopic (exact) mass is 621 g/mol. The number of halogens is 2. The van der Waals surface area contributed by atoms with Gasteiger partial charge in [0.15, 0.2) is 11.7 Å². The predicted octanol–water partition coefficient (Wildman–Crippen LogP) is 7.27. The quantitative estimate of drug-likeness (QED) is 0.0676. The first-order valence-corrected chi connectivity index (χ1v) is 13.8. The number of hydrogen-bond acceptors (Lipinski definition) is 4. The SMILES string of the molecule is N/C(=N\O)c1cccc(-c2ccc3c(c2)c2cc(-c4cccc(/C(N)=N/O)c4)ccc2n3Cc2ccc(Br)c(F)c2)c1. The highest BCUT2D eigenvalue weighted by atomic mass is 79.9. The molecule has 0 fully saturated rings. The number of hydrogen-bond donors (Lipinski definition) is 4. The molecule has 1 heterocycles. The molecule has 6 aromatic rings. The van der Waals surface area contributed by atoms with Crippen LogP contribution < -0.4 is 11.5 Å². The van der Waals surface area contributed by atoms with E-state index < -0.39 is 0 Å². The maximum absolute atomic E-state index is 14.4. The van der Waals surface area contributed by atoms with E-state index in [1.165, 1.54) is 0 Å². The minimum absolute atomic E-state index is 0.0370. The van der Waals surface area contributed by atoms with Gasteiger partial charge in [0.05, 0.1) is 4.47 Å². The third kappa shape index (κ3) is 4.95. The summed E-state index contributed by atoms with van der Waals surface area (Å²) in [6.07, 6.45) is 0. The molecule has 0 aliphatic heterocycles. The van der Waals surface area contributed by atoms with Gasteiger partial charge in [-0.25, -0.2) is 4.39 Å². The average molecular weight is 622 g/mol. The number of rotatable bonds is 6. The number of oxime groups is 2. The highest BCUT2D eigenvalue weighted by Crippen LogP contribution is 2.36. The van der Waals surface area contributed by atoms with Crippen LogP contribution in [0.3, 0.4) is 0 Å². The Morgan fingerprint density at radius 1 is 0.667 bits per heavy atom. The Labute approximate surface area is 248 Å². The van der Waals surface area contributed by atoms with Gasteiger partial charge in [-0.05, 0) is 92.3 Å². The Hall–Kier alpha value is -5.15. The fourth-order valence-corrected chi connectivity index (χ4v) is 5.53. The third-order valence-electron chi connectivity index (χ3n) is 7.39. The largest absolute Gasteiger partial charge is 0.409 e. The van der Waals surface area contributed by atoms with Crippen LogP contribution in [0.4, 0.5) is 4.39 Å². The highest BCUT2D eigenvalue weighted by molar-refractivity contribution is 9.10. The second-order valence-corrected chi connectivity index (χ2v) is 10.8. The zero-order chi connectivity index (χ0) is 29.4. The van der Waals surface area contributed by atoms with Crippen molar-refractivity contribution < 1.29 is 14.8 Å². The molecule has 1 aromatic heterocycles. The molecule has 0 amide bonds. The fourth-order valence-electron chi connectivity index (χ4n) is 5.29. The summed E-state index contributed by atoms with van der Waals surface area (Å²) >= 11 is 3.24. The van der Waals surface area contributed by atoms with E-state index in [1.54, 1.807) is 24.3 Å². The summed E-state index contributed by atoms with van der Waals surface area (Å²) < 4.78 is 17.0. The summed E-state index contributed by atoms with van der Waals surface area (Å²) in [4.78, 5) is 0. The maximum atomic E-state index is 14.4. The Balaban J connectivity index is 1.55. The average Bonchev–Trinajstić information content (AvgIpc) is 3.33. The molecule has 0 saturated carbocycles. The first kappa shape index (κ1) is 27.0. The standard InChI is InChI=1S/C33H25BrFN5O2/c34-28-10-7-19(13-29(28)35)18-40-30-11-8-22(20-3-1-5-24(14-20)32(36)38-41)16-26(30)27-17-23(9-12-31(27)40)21-4-2-6-25(15-21)33(37)39-42/h1-17,41-42H,18H2,(H2,36,38)(H2,37,39). The molecule has 0 bridgehead atoms. The smallest absolute Gasteiger partial charge is 0.170 e. The minimum atomic E-state index is -0.311. The highest BCUT2D eigenvalue weighted by Gasteiger charge is 2.15. The molecule has 5 aromatic carbocycles. The van der Waals surface area contributed by atoms with Crippen molar-refractivity contribution in [2.24, 2.45) is 21.8 Å². The van der Waals surface area contributed by atoms with E-state index in [4.69, 9.17) is 21.9 Å². The molecular weight excluding hydrogens is 597 g/mol. The first-order valence-electron chi connectivity index (χ1n) is 13.0. The van der Waals surface area contributed by atoms with Crippen molar-refractivity contribution in [2.75, 3.05) is 0 Å². The molecular formula is C33H25BrFN5O2. The number of benzene rings is 5. The summed E-state index contributed by atoms with van der Waals surface area (Å²) in [6.45, 7) is 0.473. The number of fused-ring (bicyclic) bond motifs is 3. The molecule has 6 N–H and O–H groups in total. The molecule has 0 spiro atoms. The van der Waals surface area contributed by atoms with Crippen LogP contribution in [0.1, 0.15) is 16.7 Å². The van der Waals surface area contributed by atoms with Crippen LogP contribution in [0.25, 0.3) is 44.1 Å². The second kappa shape index (κ2) is 11.0. The zero-order valence-corrected chi connectivity index (χ0v) is 23.8. The molecule has 0 saturated heterocycles. The first-order chi connectivity index (χ1) is 20.4. The van der Waals surface area contributed by atoms with E-state index >= 15 is 0 Å². The van der Waals surface area contributed by atoms with Gasteiger partial charge < -0.3 is 26.4 Å². The fraction of sp³-hybridized carbons (Fsp3) is 0.0303. The van der Waals surface area contributed by atoms with E-state index in [1.807, 2.05) is 54.6 Å². The third-order valence-corrected chi connectivity index (χ3v) is 8.03. The van der Waals surface area contributed by atoms with Gasteiger partial charge in [-0.3, -0.25) is 0 Å². The van der Waals surface area contributed by atoms with E-state index in [-0.39, 0.29) is 17.5 Å². The number of aromatic nitrogens is 1. The van der Waals surface area contributed by atoms with E-state index in [0.29, 0.717) is 22.1 Å². The molecule has 0 atom stereocenters. The number of nitrogens with zero attached hydrogens (tertiary/aromatic N) is 3. The summed E-state index contributed by atoms with van der Waals surface area (Å²) in [5, 5.41) is 26.6. The molecule has 0 aliphatic rings. The topological polar surface area (TPSA) is 122 Å². The molecule has 42 heavy (non-hydrogen) atoms. The number of nitrogens with two attached hydrogens (primary N) is 2. The van der Waals surface area contributed by atoms with Gasteiger partial charge in [0.2, 0.25) is 0 Å². The normalized spacial score (nSPS) is 12.3. The minimum Gasteiger partial charge on any atom is -0.409 e. The zero-order valence-electron chi connectivity index (χ0n) is 22.2. The Morgan fingerprint density at radius 2 is 1.17 bits per heavy atom. The van der Waals surface area contributed by atoms with Crippen molar-refractivity contribution in [3.05, 3.63) is 130 Å². The van der Waals surface area contributed by atoms with Crippen molar-refractivity contribution in [1.29, 1.82) is 0 Å². The van der Waals surface area contributed by atoms with Gasteiger partial charge >= 0.3 is 0 Å². The lowest BCUT2D eigenvalue weighted by molar-refractivity contribution is 0.318. The summed E-state index contributed by atoms with van der Waals surface area (Å²) in [7, 11) is 0. The van der Waals surface area contributed by atoms with E-state index in [2.05, 4.69) is 55.1 Å². The summed E-state index contributed by atoms with van der Waals surface area (Å²) in [6, 6.07) is 32.6. The van der Waals surface area contributed by atoms with Gasteiger partial charge in [-0.1, -0.05) is 64.9 Å². The summed E-state index contributed by atoms with van der Waals surface area (Å²) in [5.41, 5.74) is 19.5. The van der Waals surface area contributed by atoms with E-state index in [0.717, 1.165) is 49.6 Å². The van der Waals surface area contributed by atoms with Crippen molar-refractivity contribution in [3.63, 3.8) is 0 Å². The lowest BCUT2D eigenvalue weighted by Gasteiger charge is -2.10. The van der Waals surface area contributed by atoms with Crippen molar-refractivity contribution >= 4 is 49.4 Å². The molecule has 0 aliphatic carbocycles. The lowest BCUT2D eigenvalue weighted by Crippen LogP contribution is -2.12. The Bertz CT molecular complexity index is 1930. The van der Waals surface area contributed by atoms with Gasteiger partial charge in [0.25, 0.3) is 0 Å². The molecule has 6 rings (SSSR count). The van der Waals surface area contributed by atoms with Crippen LogP contribution in [0.2, 0.25) is 0 Å². The lowest BCUT2D eigenvalue weighted by atomic mass is 9.98. The van der Waals surface area contributed by atoms with Gasteiger partial charge in [-0.2, -0.15) is 0 Å². The van der Waals surface area contributed by atoms with Crippen LogP contribution in [0.5, 0.6) is 0 Å². The molecule has 9 heteroatoms. The molecule has 0 radical (unpaired) electrons. The molecule has 0 unspecified atom stereocenters. The van der Waals surface area contributed by atoms with Gasteiger partial charge in [-0.15, -0.1) is 0 Å². The van der Waals surface area contributed by atoms with Crippen LogP contribution >= 0.6 is 15.9 Å². The van der Waals surface area contributed by atoms with E-state index in [9.17, 15) is 4.39 Å².